The highest BCUT2D eigenvalue weighted by molar-refractivity contribution is 7.86. The predicted octanol–water partition coefficient (Wildman–Crippen LogP) is 4.16. The fourth-order valence-electron chi connectivity index (χ4n) is 2.00. The molecule has 1 aromatic carbocycles. The highest BCUT2D eigenvalue weighted by atomic mass is 35.5. The van der Waals surface area contributed by atoms with Gasteiger partial charge in [0, 0.05) is 37.9 Å². The maximum absolute atomic E-state index is 12.1. The molecule has 0 spiro atoms. The number of guanidine groups is 1. The van der Waals surface area contributed by atoms with Gasteiger partial charge in [0.2, 0.25) is 0 Å². The summed E-state index contributed by atoms with van der Waals surface area (Å²) in [7, 11) is -0.911. The Balaban J connectivity index is 2.74. The minimum atomic E-state index is -0.911. The van der Waals surface area contributed by atoms with Gasteiger partial charge in [0.1, 0.15) is 0 Å². The third kappa shape index (κ3) is 6.99. The Labute approximate surface area is 157 Å². The molecule has 1 rings (SSSR count). The summed E-state index contributed by atoms with van der Waals surface area (Å²) in [6.07, 6.45) is 0. The lowest BCUT2D eigenvalue weighted by atomic mass is 10.1. The molecule has 2 N–H and O–H groups in total. The van der Waals surface area contributed by atoms with Crippen molar-refractivity contribution in [2.24, 2.45) is 4.99 Å². The Bertz CT molecular complexity index is 600. The van der Waals surface area contributed by atoms with Gasteiger partial charge in [-0.3, -0.25) is 9.20 Å². The molecule has 0 aromatic heterocycles. The number of benzene rings is 1. The highest BCUT2D eigenvalue weighted by Crippen LogP contribution is 2.25. The van der Waals surface area contributed by atoms with E-state index in [9.17, 15) is 4.21 Å². The summed E-state index contributed by atoms with van der Waals surface area (Å²) < 4.78 is 11.9. The first-order valence-corrected chi connectivity index (χ1v) is 10.1. The Kier molecular flexibility index (Phi) is 8.54. The van der Waals surface area contributed by atoms with E-state index in [0.29, 0.717) is 28.3 Å². The van der Waals surface area contributed by atoms with Gasteiger partial charge in [-0.25, -0.2) is 0 Å². The van der Waals surface area contributed by atoms with Crippen LogP contribution >= 0.6 is 23.2 Å². The summed E-state index contributed by atoms with van der Waals surface area (Å²) in [6.45, 7) is 11.2. The topological polar surface area (TPSA) is 53.5 Å². The van der Waals surface area contributed by atoms with Crippen LogP contribution in [0.25, 0.3) is 0 Å². The molecule has 4 nitrogen and oxygen atoms in total. The number of halogens is 2. The number of nitrogens with one attached hydrogen (secondary N) is 2. The number of rotatable bonds is 6. The van der Waals surface area contributed by atoms with Crippen molar-refractivity contribution in [2.75, 3.05) is 18.8 Å². The van der Waals surface area contributed by atoms with E-state index in [1.807, 2.05) is 46.8 Å². The largest absolute Gasteiger partial charge is 0.357 e. The molecule has 136 valence electrons. The fourth-order valence-corrected chi connectivity index (χ4v) is 3.44. The minimum Gasteiger partial charge on any atom is -0.357 e. The first kappa shape index (κ1) is 21.3. The van der Waals surface area contributed by atoms with Gasteiger partial charge in [0.25, 0.3) is 0 Å². The molecule has 0 radical (unpaired) electrons. The molecule has 24 heavy (non-hydrogen) atoms. The lowest BCUT2D eigenvalue weighted by Crippen LogP contribution is -2.39. The van der Waals surface area contributed by atoms with Crippen LogP contribution in [0.3, 0.4) is 0 Å². The van der Waals surface area contributed by atoms with Crippen LogP contribution in [0.2, 0.25) is 10.0 Å². The molecule has 0 aliphatic heterocycles. The predicted molar refractivity (Wildman–Crippen MR) is 107 cm³/mol. The molecule has 0 heterocycles. The molecule has 0 bridgehead atoms. The summed E-state index contributed by atoms with van der Waals surface area (Å²) in [5.74, 6) is 1.22. The van der Waals surface area contributed by atoms with Crippen LogP contribution in [0, 0.1) is 0 Å². The Morgan fingerprint density at radius 1 is 1.33 bits per heavy atom. The maximum atomic E-state index is 12.1. The average Bonchev–Trinajstić information content (AvgIpc) is 2.45. The number of nitrogens with zero attached hydrogens (tertiary/aromatic N) is 1. The van der Waals surface area contributed by atoms with Crippen LogP contribution in [0.4, 0.5) is 0 Å². The number of hydrogen-bond donors (Lipinski definition) is 2. The van der Waals surface area contributed by atoms with Crippen molar-refractivity contribution in [3.63, 3.8) is 0 Å². The third-order valence-electron chi connectivity index (χ3n) is 3.36. The van der Waals surface area contributed by atoms with Crippen molar-refractivity contribution >= 4 is 40.0 Å². The van der Waals surface area contributed by atoms with Crippen LogP contribution < -0.4 is 10.6 Å². The molecule has 0 aliphatic rings. The minimum absolute atomic E-state index is 0.0271. The number of aliphatic imine (C=N–C) groups is 1. The van der Waals surface area contributed by atoms with E-state index in [2.05, 4.69) is 15.6 Å². The van der Waals surface area contributed by atoms with E-state index in [4.69, 9.17) is 23.2 Å². The Morgan fingerprint density at radius 3 is 2.54 bits per heavy atom. The second kappa shape index (κ2) is 9.64. The normalized spacial score (nSPS) is 15.0. The van der Waals surface area contributed by atoms with Gasteiger partial charge in [-0.15, -0.1) is 0 Å². The van der Waals surface area contributed by atoms with Gasteiger partial charge < -0.3 is 10.6 Å². The molecule has 0 fully saturated rings. The van der Waals surface area contributed by atoms with Gasteiger partial charge in [-0.05, 0) is 52.3 Å². The zero-order chi connectivity index (χ0) is 18.3. The molecular formula is C17H27Cl2N3OS. The smallest absolute Gasteiger partial charge is 0.191 e. The second-order valence-electron chi connectivity index (χ2n) is 6.45. The molecule has 2 unspecified atom stereocenters. The first-order valence-electron chi connectivity index (χ1n) is 8.03. The van der Waals surface area contributed by atoms with Crippen molar-refractivity contribution in [1.82, 2.24) is 10.6 Å². The summed E-state index contributed by atoms with van der Waals surface area (Å²) in [6, 6.07) is 5.42. The molecule has 7 heteroatoms. The average molecular weight is 392 g/mol. The van der Waals surface area contributed by atoms with Crippen molar-refractivity contribution < 1.29 is 4.21 Å². The van der Waals surface area contributed by atoms with E-state index in [-0.39, 0.29) is 10.8 Å². The molecule has 0 amide bonds. The van der Waals surface area contributed by atoms with Crippen LogP contribution in [-0.2, 0) is 10.8 Å². The van der Waals surface area contributed by atoms with Gasteiger partial charge in [0.15, 0.2) is 5.96 Å². The molecule has 0 saturated heterocycles. The molecule has 2 atom stereocenters. The zero-order valence-electron chi connectivity index (χ0n) is 15.0. The van der Waals surface area contributed by atoms with Gasteiger partial charge in [-0.2, -0.15) is 0 Å². The van der Waals surface area contributed by atoms with Crippen molar-refractivity contribution in [1.29, 1.82) is 0 Å². The van der Waals surface area contributed by atoms with Crippen LogP contribution in [-0.4, -0.2) is 33.8 Å². The van der Waals surface area contributed by atoms with Crippen LogP contribution in [0.5, 0.6) is 0 Å². The fraction of sp³-hybridized carbons (Fsp3) is 0.588. The highest BCUT2D eigenvalue weighted by Gasteiger charge is 2.18. The standard InChI is InChI=1S/C17H27Cl2N3OS/c1-6-20-16(21-9-10-24(23)17(3,4)5)22-12(2)14-8-7-13(18)11-15(14)19/h7-8,11-12H,6,9-10H2,1-5H3,(H2,20,21,22). The van der Waals surface area contributed by atoms with Crippen LogP contribution in [0.15, 0.2) is 23.2 Å². The SMILES string of the molecule is CCNC(=NCCS(=O)C(C)(C)C)NC(C)c1ccc(Cl)cc1Cl. The van der Waals surface area contributed by atoms with Crippen molar-refractivity contribution in [3.8, 4) is 0 Å². The number of hydrogen-bond acceptors (Lipinski definition) is 2. The second-order valence-corrected chi connectivity index (χ2v) is 9.62. The van der Waals surface area contributed by atoms with Crippen molar-refractivity contribution in [3.05, 3.63) is 33.8 Å². The summed E-state index contributed by atoms with van der Waals surface area (Å²) >= 11 is 12.2. The van der Waals surface area contributed by atoms with E-state index >= 15 is 0 Å². The van der Waals surface area contributed by atoms with E-state index in [1.165, 1.54) is 0 Å². The quantitative estimate of drug-likeness (QED) is 0.565. The summed E-state index contributed by atoms with van der Waals surface area (Å²) in [5, 5.41) is 7.75. The zero-order valence-corrected chi connectivity index (χ0v) is 17.3. The summed E-state index contributed by atoms with van der Waals surface area (Å²) in [5.41, 5.74) is 0.949. The van der Waals surface area contributed by atoms with Crippen LogP contribution in [0.1, 0.15) is 46.2 Å². The lowest BCUT2D eigenvalue weighted by molar-refractivity contribution is 0.648. The van der Waals surface area contributed by atoms with Gasteiger partial charge in [0.05, 0.1) is 12.6 Å². The molecule has 0 saturated carbocycles. The first-order chi connectivity index (χ1) is 11.1. The van der Waals surface area contributed by atoms with Crippen molar-refractivity contribution in [2.45, 2.75) is 45.4 Å². The van der Waals surface area contributed by atoms with Gasteiger partial charge >= 0.3 is 0 Å². The third-order valence-corrected chi connectivity index (χ3v) is 5.84. The molecular weight excluding hydrogens is 365 g/mol. The van der Waals surface area contributed by atoms with E-state index < -0.39 is 10.8 Å². The Morgan fingerprint density at radius 2 is 2.00 bits per heavy atom. The van der Waals surface area contributed by atoms with Gasteiger partial charge in [-0.1, -0.05) is 29.3 Å². The molecule has 1 aromatic rings. The monoisotopic (exact) mass is 391 g/mol. The molecule has 0 aliphatic carbocycles. The van der Waals surface area contributed by atoms with E-state index in [0.717, 1.165) is 12.1 Å². The maximum Gasteiger partial charge on any atom is 0.191 e. The lowest BCUT2D eigenvalue weighted by Gasteiger charge is -2.20. The van der Waals surface area contributed by atoms with E-state index in [1.54, 1.807) is 6.07 Å². The summed E-state index contributed by atoms with van der Waals surface area (Å²) in [4.78, 5) is 4.51. The Hall–Kier alpha value is -0.780.